The minimum Gasteiger partial charge on any atom is -0.461 e. The highest BCUT2D eigenvalue weighted by molar-refractivity contribution is 6.41. The van der Waals surface area contributed by atoms with Crippen LogP contribution in [0.4, 0.5) is 0 Å². The van der Waals surface area contributed by atoms with Crippen LogP contribution in [0.5, 0.6) is 0 Å². The third kappa shape index (κ3) is 5.85. The molecule has 0 bridgehead atoms. The van der Waals surface area contributed by atoms with E-state index >= 15 is 0 Å². The van der Waals surface area contributed by atoms with Crippen molar-refractivity contribution in [2.24, 2.45) is 5.92 Å². The van der Waals surface area contributed by atoms with E-state index in [1.54, 1.807) is 11.0 Å². The van der Waals surface area contributed by atoms with E-state index in [2.05, 4.69) is 34.5 Å². The molecule has 2 aliphatic heterocycles. The molecule has 2 fully saturated rings. The highest BCUT2D eigenvalue weighted by atomic mass is 16.3. The van der Waals surface area contributed by atoms with Gasteiger partial charge in [0, 0.05) is 45.2 Å². The molecule has 0 unspecified atom stereocenters. The van der Waals surface area contributed by atoms with Gasteiger partial charge in [0.2, 0.25) is 5.91 Å². The fourth-order valence-corrected chi connectivity index (χ4v) is 4.65. The van der Waals surface area contributed by atoms with Gasteiger partial charge in [0.1, 0.15) is 0 Å². The van der Waals surface area contributed by atoms with E-state index in [1.807, 2.05) is 6.07 Å². The standard InChI is InChI=1S/C25H31N3O4/c29-23(26-21-12-13-27(18-21)17-20-5-2-1-3-6-20)9-8-19-10-14-28(15-11-19)25(31)24(30)22-7-4-16-32-22/h1-7,16,19,21H,8-15,17-18H2,(H,26,29)/t21-/m1/s1. The lowest BCUT2D eigenvalue weighted by Crippen LogP contribution is -2.42. The van der Waals surface area contributed by atoms with Crippen LogP contribution in [-0.2, 0) is 16.1 Å². The summed E-state index contributed by atoms with van der Waals surface area (Å²) in [4.78, 5) is 40.9. The van der Waals surface area contributed by atoms with Gasteiger partial charge in [0.05, 0.1) is 6.26 Å². The summed E-state index contributed by atoms with van der Waals surface area (Å²) in [6.07, 6.45) is 5.35. The first-order valence-electron chi connectivity index (χ1n) is 11.5. The second-order valence-corrected chi connectivity index (χ2v) is 8.85. The molecular formula is C25H31N3O4. The zero-order chi connectivity index (χ0) is 22.3. The van der Waals surface area contributed by atoms with Gasteiger partial charge in [-0.2, -0.15) is 0 Å². The number of hydrogen-bond donors (Lipinski definition) is 1. The summed E-state index contributed by atoms with van der Waals surface area (Å²) in [6.45, 7) is 3.92. The molecule has 0 radical (unpaired) electrons. The van der Waals surface area contributed by atoms with Crippen LogP contribution in [0.25, 0.3) is 0 Å². The number of Topliss-reactive ketones (excluding diaryl/α,β-unsaturated/α-hetero) is 1. The number of likely N-dealkylation sites (tertiary alicyclic amines) is 2. The van der Waals surface area contributed by atoms with Crippen LogP contribution >= 0.6 is 0 Å². The van der Waals surface area contributed by atoms with E-state index in [1.165, 1.54) is 17.9 Å². The van der Waals surface area contributed by atoms with Crippen molar-refractivity contribution in [3.05, 3.63) is 60.1 Å². The number of nitrogens with one attached hydrogen (secondary N) is 1. The molecule has 1 aromatic heterocycles. The molecule has 7 nitrogen and oxygen atoms in total. The van der Waals surface area contributed by atoms with E-state index in [-0.39, 0.29) is 17.7 Å². The Morgan fingerprint density at radius 2 is 1.75 bits per heavy atom. The minimum atomic E-state index is -0.592. The van der Waals surface area contributed by atoms with E-state index in [9.17, 15) is 14.4 Å². The zero-order valence-electron chi connectivity index (χ0n) is 18.4. The van der Waals surface area contributed by atoms with Crippen molar-refractivity contribution in [1.29, 1.82) is 0 Å². The second kappa shape index (κ2) is 10.6. The summed E-state index contributed by atoms with van der Waals surface area (Å²) in [5.74, 6) is -0.490. The van der Waals surface area contributed by atoms with Crippen molar-refractivity contribution in [3.8, 4) is 0 Å². The van der Waals surface area contributed by atoms with E-state index in [0.717, 1.165) is 45.3 Å². The zero-order valence-corrected chi connectivity index (χ0v) is 18.4. The Hall–Kier alpha value is -2.93. The van der Waals surface area contributed by atoms with Crippen molar-refractivity contribution < 1.29 is 18.8 Å². The van der Waals surface area contributed by atoms with Gasteiger partial charge >= 0.3 is 0 Å². The summed E-state index contributed by atoms with van der Waals surface area (Å²) in [7, 11) is 0. The van der Waals surface area contributed by atoms with Crippen LogP contribution in [-0.4, -0.2) is 59.6 Å². The number of hydrogen-bond acceptors (Lipinski definition) is 5. The van der Waals surface area contributed by atoms with Crippen LogP contribution in [0.1, 0.15) is 48.2 Å². The van der Waals surface area contributed by atoms with Crippen molar-refractivity contribution in [2.45, 2.75) is 44.7 Å². The first-order valence-corrected chi connectivity index (χ1v) is 11.5. The predicted octanol–water partition coefficient (Wildman–Crippen LogP) is 2.87. The van der Waals surface area contributed by atoms with Crippen LogP contribution < -0.4 is 5.32 Å². The molecular weight excluding hydrogens is 406 g/mol. The molecule has 2 aromatic rings. The molecule has 3 heterocycles. The predicted molar refractivity (Wildman–Crippen MR) is 120 cm³/mol. The number of piperidine rings is 1. The Bertz CT molecular complexity index is 905. The van der Waals surface area contributed by atoms with Gasteiger partial charge in [0.25, 0.3) is 11.7 Å². The molecule has 1 atom stereocenters. The number of rotatable bonds is 8. The lowest BCUT2D eigenvalue weighted by atomic mass is 9.91. The fourth-order valence-electron chi connectivity index (χ4n) is 4.65. The lowest BCUT2D eigenvalue weighted by Gasteiger charge is -2.31. The molecule has 4 rings (SSSR count). The number of furan rings is 1. The fraction of sp³-hybridized carbons (Fsp3) is 0.480. The summed E-state index contributed by atoms with van der Waals surface area (Å²) < 4.78 is 5.04. The average Bonchev–Trinajstić information content (AvgIpc) is 3.50. The maximum absolute atomic E-state index is 12.5. The van der Waals surface area contributed by atoms with Crippen LogP contribution in [0, 0.1) is 5.92 Å². The highest BCUT2D eigenvalue weighted by Crippen LogP contribution is 2.23. The normalized spacial score (nSPS) is 19.8. The Morgan fingerprint density at radius 1 is 0.969 bits per heavy atom. The van der Waals surface area contributed by atoms with Crippen LogP contribution in [0.3, 0.4) is 0 Å². The Balaban J connectivity index is 1.13. The van der Waals surface area contributed by atoms with Gasteiger partial charge in [0.15, 0.2) is 5.76 Å². The average molecular weight is 438 g/mol. The van der Waals surface area contributed by atoms with Crippen molar-refractivity contribution in [1.82, 2.24) is 15.1 Å². The maximum atomic E-state index is 12.5. The molecule has 1 aromatic carbocycles. The Labute approximate surface area is 188 Å². The molecule has 0 aliphatic carbocycles. The summed E-state index contributed by atoms with van der Waals surface area (Å²) >= 11 is 0. The minimum absolute atomic E-state index is 0.0861. The van der Waals surface area contributed by atoms with Crippen LogP contribution in [0.15, 0.2) is 53.1 Å². The van der Waals surface area contributed by atoms with Gasteiger partial charge in [-0.05, 0) is 49.3 Å². The number of amides is 2. The lowest BCUT2D eigenvalue weighted by molar-refractivity contribution is -0.128. The van der Waals surface area contributed by atoms with Gasteiger partial charge in [-0.15, -0.1) is 0 Å². The monoisotopic (exact) mass is 437 g/mol. The molecule has 2 saturated heterocycles. The molecule has 0 saturated carbocycles. The van der Waals surface area contributed by atoms with Crippen molar-refractivity contribution in [2.75, 3.05) is 26.2 Å². The maximum Gasteiger partial charge on any atom is 0.298 e. The highest BCUT2D eigenvalue weighted by Gasteiger charge is 2.29. The van der Waals surface area contributed by atoms with Crippen LogP contribution in [0.2, 0.25) is 0 Å². The first kappa shape index (κ1) is 22.3. The van der Waals surface area contributed by atoms with Gasteiger partial charge in [-0.1, -0.05) is 30.3 Å². The van der Waals surface area contributed by atoms with Gasteiger partial charge in [-0.25, -0.2) is 0 Å². The third-order valence-corrected chi connectivity index (χ3v) is 6.51. The van der Waals surface area contributed by atoms with Gasteiger partial charge in [-0.3, -0.25) is 19.3 Å². The number of carbonyl (C=O) groups is 3. The second-order valence-electron chi connectivity index (χ2n) is 8.85. The quantitative estimate of drug-likeness (QED) is 0.507. The van der Waals surface area contributed by atoms with Crippen molar-refractivity contribution >= 4 is 17.6 Å². The van der Waals surface area contributed by atoms with E-state index in [0.29, 0.717) is 25.4 Å². The smallest absolute Gasteiger partial charge is 0.298 e. The first-order chi connectivity index (χ1) is 15.6. The molecule has 2 aliphatic rings. The largest absolute Gasteiger partial charge is 0.461 e. The summed E-state index contributed by atoms with van der Waals surface area (Å²) in [5.41, 5.74) is 1.30. The Morgan fingerprint density at radius 3 is 2.47 bits per heavy atom. The summed E-state index contributed by atoms with van der Waals surface area (Å²) in [6, 6.07) is 13.7. The number of benzene rings is 1. The molecule has 1 N–H and O–H groups in total. The van der Waals surface area contributed by atoms with Gasteiger partial charge < -0.3 is 14.6 Å². The topological polar surface area (TPSA) is 82.9 Å². The number of carbonyl (C=O) groups excluding carboxylic acids is 3. The summed E-state index contributed by atoms with van der Waals surface area (Å²) in [5, 5.41) is 3.19. The van der Waals surface area contributed by atoms with Crippen molar-refractivity contribution in [3.63, 3.8) is 0 Å². The van der Waals surface area contributed by atoms with E-state index < -0.39 is 11.7 Å². The number of ketones is 1. The Kier molecular flexibility index (Phi) is 7.37. The SMILES string of the molecule is O=C(CCC1CCN(C(=O)C(=O)c2ccco2)CC1)N[C@@H]1CCN(Cc2ccccc2)C1. The molecule has 32 heavy (non-hydrogen) atoms. The third-order valence-electron chi connectivity index (χ3n) is 6.51. The van der Waals surface area contributed by atoms with E-state index in [4.69, 9.17) is 4.42 Å². The number of nitrogens with zero attached hydrogens (tertiary/aromatic N) is 2. The molecule has 170 valence electrons. The molecule has 0 spiro atoms. The molecule has 7 heteroatoms. The molecule has 2 amide bonds.